The molecule has 1 aliphatic rings. The summed E-state index contributed by atoms with van der Waals surface area (Å²) in [5.41, 5.74) is 4.64. The maximum absolute atomic E-state index is 12.6. The molecule has 2 heterocycles. The molecule has 2 aromatic rings. The Morgan fingerprint density at radius 2 is 2.05 bits per heavy atom. The number of benzene rings is 1. The fourth-order valence-electron chi connectivity index (χ4n) is 3.21. The lowest BCUT2D eigenvalue weighted by molar-refractivity contribution is -0.139. The van der Waals surface area contributed by atoms with Crippen LogP contribution in [0.1, 0.15) is 30.7 Å². The molecule has 1 N–H and O–H groups in total. The van der Waals surface area contributed by atoms with Gasteiger partial charge < -0.3 is 9.88 Å². The van der Waals surface area contributed by atoms with Crippen LogP contribution >= 0.6 is 11.6 Å². The molecule has 0 saturated carbocycles. The molecule has 4 heteroatoms. The van der Waals surface area contributed by atoms with Crippen LogP contribution in [0, 0.1) is 12.3 Å². The molecule has 0 atom stereocenters. The Hall–Kier alpha value is -1.48. The molecule has 1 aromatic heterocycles. The van der Waals surface area contributed by atoms with Crippen molar-refractivity contribution in [2.24, 2.45) is 5.41 Å². The van der Waals surface area contributed by atoms with Crippen molar-refractivity contribution in [2.45, 2.75) is 33.6 Å². The summed E-state index contributed by atoms with van der Waals surface area (Å²) in [6.45, 7) is 7.50. The van der Waals surface area contributed by atoms with Crippen molar-refractivity contribution in [1.82, 2.24) is 9.88 Å². The molecule has 3 rings (SSSR count). The van der Waals surface area contributed by atoms with Crippen LogP contribution in [0.5, 0.6) is 0 Å². The number of aromatic nitrogens is 1. The molecule has 1 aromatic carbocycles. The van der Waals surface area contributed by atoms with Gasteiger partial charge >= 0.3 is 0 Å². The van der Waals surface area contributed by atoms with Gasteiger partial charge in [-0.2, -0.15) is 0 Å². The number of nitrogens with one attached hydrogen (secondary N) is 1. The lowest BCUT2D eigenvalue weighted by Gasteiger charge is -2.29. The largest absolute Gasteiger partial charge is 0.358 e. The van der Waals surface area contributed by atoms with Crippen molar-refractivity contribution in [3.63, 3.8) is 0 Å². The maximum atomic E-state index is 12.6. The van der Waals surface area contributed by atoms with E-state index in [9.17, 15) is 4.79 Å². The number of halogens is 1. The molecule has 1 amide bonds. The normalized spacial score (nSPS) is 15.7. The summed E-state index contributed by atoms with van der Waals surface area (Å²) in [6, 6.07) is 6.53. The first-order chi connectivity index (χ1) is 10.4. The number of H-pyrrole nitrogens is 1. The molecule has 118 valence electrons. The molecule has 0 saturated heterocycles. The van der Waals surface area contributed by atoms with Crippen molar-refractivity contribution in [3.05, 3.63) is 35.0 Å². The van der Waals surface area contributed by atoms with Crippen molar-refractivity contribution >= 4 is 28.4 Å². The van der Waals surface area contributed by atoms with Crippen LogP contribution in [-0.4, -0.2) is 34.8 Å². The monoisotopic (exact) mass is 318 g/mol. The number of aryl methyl sites for hydroxylation is 1. The van der Waals surface area contributed by atoms with E-state index in [-0.39, 0.29) is 5.91 Å². The summed E-state index contributed by atoms with van der Waals surface area (Å²) in [5.74, 6) is 0.517. The van der Waals surface area contributed by atoms with E-state index in [4.69, 9.17) is 11.6 Å². The second kappa shape index (κ2) is 5.62. The lowest BCUT2D eigenvalue weighted by atomic mass is 9.94. The van der Waals surface area contributed by atoms with Crippen LogP contribution in [0.15, 0.2) is 18.2 Å². The van der Waals surface area contributed by atoms with Gasteiger partial charge in [-0.25, -0.2) is 0 Å². The third-order valence-electron chi connectivity index (χ3n) is 4.61. The molecular formula is C18H23ClN2O. The Kier molecular flexibility index (Phi) is 3.94. The zero-order valence-electron chi connectivity index (χ0n) is 13.5. The standard InChI is InChI=1S/C18H23ClN2O/c1-12-4-5-15-14(10-12)13-6-8-21(9-7-16(13)20-15)17(22)18(2,3)11-19/h4-5,10,20H,6-9,11H2,1-3H3. The van der Waals surface area contributed by atoms with Gasteiger partial charge in [-0.1, -0.05) is 11.6 Å². The van der Waals surface area contributed by atoms with Crippen molar-refractivity contribution < 1.29 is 4.79 Å². The third-order valence-corrected chi connectivity index (χ3v) is 5.28. The maximum Gasteiger partial charge on any atom is 0.229 e. The second-order valence-corrected chi connectivity index (χ2v) is 7.21. The van der Waals surface area contributed by atoms with Gasteiger partial charge in [0.15, 0.2) is 0 Å². The highest BCUT2D eigenvalue weighted by Gasteiger charge is 2.32. The number of alkyl halides is 1. The highest BCUT2D eigenvalue weighted by molar-refractivity contribution is 6.19. The van der Waals surface area contributed by atoms with Gasteiger partial charge in [0.25, 0.3) is 0 Å². The topological polar surface area (TPSA) is 36.1 Å². The highest BCUT2D eigenvalue weighted by atomic mass is 35.5. The van der Waals surface area contributed by atoms with Crippen LogP contribution in [0.3, 0.4) is 0 Å². The van der Waals surface area contributed by atoms with Gasteiger partial charge in [0.05, 0.1) is 5.41 Å². The number of hydrogen-bond acceptors (Lipinski definition) is 1. The van der Waals surface area contributed by atoms with Crippen LogP contribution in [0.2, 0.25) is 0 Å². The van der Waals surface area contributed by atoms with Crippen molar-refractivity contribution in [1.29, 1.82) is 0 Å². The van der Waals surface area contributed by atoms with E-state index >= 15 is 0 Å². The average molecular weight is 319 g/mol. The smallest absolute Gasteiger partial charge is 0.229 e. The lowest BCUT2D eigenvalue weighted by Crippen LogP contribution is -2.43. The number of aromatic amines is 1. The van der Waals surface area contributed by atoms with Gasteiger partial charge in [0.1, 0.15) is 0 Å². The van der Waals surface area contributed by atoms with Gasteiger partial charge in [-0.3, -0.25) is 4.79 Å². The fourth-order valence-corrected chi connectivity index (χ4v) is 3.32. The van der Waals surface area contributed by atoms with E-state index in [0.29, 0.717) is 5.88 Å². The van der Waals surface area contributed by atoms with Gasteiger partial charge in [0, 0.05) is 42.0 Å². The third kappa shape index (κ3) is 2.63. The van der Waals surface area contributed by atoms with E-state index in [0.717, 1.165) is 25.9 Å². The van der Waals surface area contributed by atoms with Crippen molar-refractivity contribution in [3.8, 4) is 0 Å². The zero-order valence-corrected chi connectivity index (χ0v) is 14.3. The molecule has 0 fully saturated rings. The van der Waals surface area contributed by atoms with Crippen molar-refractivity contribution in [2.75, 3.05) is 19.0 Å². The molecule has 3 nitrogen and oxygen atoms in total. The van der Waals surface area contributed by atoms with E-state index in [1.807, 2.05) is 18.7 Å². The number of fused-ring (bicyclic) bond motifs is 3. The predicted molar refractivity (Wildman–Crippen MR) is 91.5 cm³/mol. The second-order valence-electron chi connectivity index (χ2n) is 6.94. The number of amides is 1. The highest BCUT2D eigenvalue weighted by Crippen LogP contribution is 2.28. The fraction of sp³-hybridized carbons (Fsp3) is 0.500. The van der Waals surface area contributed by atoms with E-state index in [1.165, 1.54) is 27.7 Å². The Morgan fingerprint density at radius 1 is 1.32 bits per heavy atom. The first-order valence-corrected chi connectivity index (χ1v) is 8.41. The molecule has 0 radical (unpaired) electrons. The minimum Gasteiger partial charge on any atom is -0.358 e. The Bertz CT molecular complexity index is 717. The molecule has 0 unspecified atom stereocenters. The zero-order chi connectivity index (χ0) is 15.9. The molecule has 22 heavy (non-hydrogen) atoms. The summed E-state index contributed by atoms with van der Waals surface area (Å²) in [4.78, 5) is 18.1. The molecule has 0 aliphatic carbocycles. The summed E-state index contributed by atoms with van der Waals surface area (Å²) >= 11 is 5.96. The van der Waals surface area contributed by atoms with E-state index in [1.54, 1.807) is 0 Å². The number of carbonyl (C=O) groups excluding carboxylic acids is 1. The number of nitrogens with zero attached hydrogens (tertiary/aromatic N) is 1. The molecule has 1 aliphatic heterocycles. The quantitative estimate of drug-likeness (QED) is 0.843. The van der Waals surface area contributed by atoms with Crippen LogP contribution < -0.4 is 0 Å². The number of hydrogen-bond donors (Lipinski definition) is 1. The first kappa shape index (κ1) is 15.4. The SMILES string of the molecule is Cc1ccc2[nH]c3c(c2c1)CCN(C(=O)C(C)(C)CCl)CC3. The minimum absolute atomic E-state index is 0.160. The average Bonchev–Trinajstić information content (AvgIpc) is 2.70. The summed E-state index contributed by atoms with van der Waals surface area (Å²) in [7, 11) is 0. The number of rotatable bonds is 2. The van der Waals surface area contributed by atoms with E-state index < -0.39 is 5.41 Å². The van der Waals surface area contributed by atoms with Crippen LogP contribution in [-0.2, 0) is 17.6 Å². The Labute approximate surface area is 136 Å². The first-order valence-electron chi connectivity index (χ1n) is 7.88. The van der Waals surface area contributed by atoms with E-state index in [2.05, 4.69) is 30.1 Å². The molecular weight excluding hydrogens is 296 g/mol. The summed E-state index contributed by atoms with van der Waals surface area (Å²) < 4.78 is 0. The van der Waals surface area contributed by atoms with Gasteiger partial charge in [0.2, 0.25) is 5.91 Å². The molecule has 0 spiro atoms. The van der Waals surface area contributed by atoms with Crippen LogP contribution in [0.4, 0.5) is 0 Å². The van der Waals surface area contributed by atoms with Gasteiger partial charge in [-0.05, 0) is 44.9 Å². The van der Waals surface area contributed by atoms with Gasteiger partial charge in [-0.15, -0.1) is 11.6 Å². The van der Waals surface area contributed by atoms with Crippen LogP contribution in [0.25, 0.3) is 10.9 Å². The summed E-state index contributed by atoms with van der Waals surface area (Å²) in [6.07, 6.45) is 1.79. The Morgan fingerprint density at radius 3 is 2.77 bits per heavy atom. The Balaban J connectivity index is 1.87. The predicted octanol–water partition coefficient (Wildman–Crippen LogP) is 3.67. The minimum atomic E-state index is -0.488. The summed E-state index contributed by atoms with van der Waals surface area (Å²) in [5, 5.41) is 1.31. The molecule has 0 bridgehead atoms. The number of carbonyl (C=O) groups is 1.